The summed E-state index contributed by atoms with van der Waals surface area (Å²) in [5, 5.41) is 3.05. The van der Waals surface area contributed by atoms with E-state index in [0.717, 1.165) is 30.4 Å². The number of aryl methyl sites for hydroxylation is 2. The molecule has 1 fully saturated rings. The van der Waals surface area contributed by atoms with Gasteiger partial charge in [-0.15, -0.1) is 0 Å². The zero-order valence-electron chi connectivity index (χ0n) is 17.1. The van der Waals surface area contributed by atoms with Crippen molar-refractivity contribution in [3.05, 3.63) is 70.8 Å². The Morgan fingerprint density at radius 1 is 1.07 bits per heavy atom. The summed E-state index contributed by atoms with van der Waals surface area (Å²) in [6, 6.07) is 16.7. The number of nitrogens with zero attached hydrogens (tertiary/aromatic N) is 1. The highest BCUT2D eigenvalue weighted by atomic mass is 16.2. The lowest BCUT2D eigenvalue weighted by molar-refractivity contribution is -0.137. The van der Waals surface area contributed by atoms with Gasteiger partial charge in [-0.3, -0.25) is 9.59 Å². The van der Waals surface area contributed by atoms with E-state index in [1.54, 1.807) is 6.92 Å². The van der Waals surface area contributed by atoms with Crippen molar-refractivity contribution in [2.75, 3.05) is 6.54 Å². The van der Waals surface area contributed by atoms with Gasteiger partial charge in [0.2, 0.25) is 11.8 Å². The molecule has 4 nitrogen and oxygen atoms in total. The molecule has 0 aliphatic carbocycles. The van der Waals surface area contributed by atoms with Crippen LogP contribution in [0.3, 0.4) is 0 Å². The molecule has 2 atom stereocenters. The lowest BCUT2D eigenvalue weighted by atomic mass is 9.88. The van der Waals surface area contributed by atoms with Crippen LogP contribution in [-0.4, -0.2) is 23.3 Å². The van der Waals surface area contributed by atoms with Crippen LogP contribution < -0.4 is 5.32 Å². The van der Waals surface area contributed by atoms with Gasteiger partial charge in [0.05, 0.1) is 12.0 Å². The number of piperidine rings is 1. The monoisotopic (exact) mass is 378 g/mol. The summed E-state index contributed by atoms with van der Waals surface area (Å²) in [5.74, 6) is -0.0897. The van der Waals surface area contributed by atoms with Crippen LogP contribution in [0.15, 0.2) is 48.5 Å². The van der Waals surface area contributed by atoms with Crippen LogP contribution in [0.4, 0.5) is 0 Å². The Bertz CT molecular complexity index is 829. The van der Waals surface area contributed by atoms with Crippen LogP contribution in [0.1, 0.15) is 55.0 Å². The van der Waals surface area contributed by atoms with Gasteiger partial charge in [-0.2, -0.15) is 0 Å². The van der Waals surface area contributed by atoms with E-state index in [1.165, 1.54) is 11.1 Å². The highest BCUT2D eigenvalue weighted by Crippen LogP contribution is 2.33. The van der Waals surface area contributed by atoms with Gasteiger partial charge in [0.15, 0.2) is 0 Å². The van der Waals surface area contributed by atoms with Crippen LogP contribution in [0, 0.1) is 12.8 Å². The second kappa shape index (κ2) is 9.05. The van der Waals surface area contributed by atoms with Gasteiger partial charge in [-0.25, -0.2) is 0 Å². The van der Waals surface area contributed by atoms with E-state index in [0.29, 0.717) is 13.1 Å². The quantitative estimate of drug-likeness (QED) is 0.849. The third-order valence-corrected chi connectivity index (χ3v) is 5.68. The fourth-order valence-corrected chi connectivity index (χ4v) is 4.01. The van der Waals surface area contributed by atoms with Crippen LogP contribution in [0.5, 0.6) is 0 Å². The molecule has 0 radical (unpaired) electrons. The predicted octanol–water partition coefficient (Wildman–Crippen LogP) is 4.17. The molecule has 0 aromatic heterocycles. The fraction of sp³-hybridized carbons (Fsp3) is 0.417. The van der Waals surface area contributed by atoms with Crippen molar-refractivity contribution < 1.29 is 9.59 Å². The van der Waals surface area contributed by atoms with Gasteiger partial charge in [0, 0.05) is 20.0 Å². The summed E-state index contributed by atoms with van der Waals surface area (Å²) in [4.78, 5) is 26.8. The molecule has 2 unspecified atom stereocenters. The van der Waals surface area contributed by atoms with Gasteiger partial charge in [0.25, 0.3) is 0 Å². The number of carbonyl (C=O) groups is 2. The van der Waals surface area contributed by atoms with Crippen molar-refractivity contribution in [3.8, 4) is 0 Å². The molecule has 0 bridgehead atoms. The highest BCUT2D eigenvalue weighted by Gasteiger charge is 2.34. The van der Waals surface area contributed by atoms with E-state index in [2.05, 4.69) is 42.6 Å². The highest BCUT2D eigenvalue weighted by molar-refractivity contribution is 5.81. The Balaban J connectivity index is 1.64. The van der Waals surface area contributed by atoms with Crippen LogP contribution >= 0.6 is 0 Å². The lowest BCUT2D eigenvalue weighted by Crippen LogP contribution is -2.46. The van der Waals surface area contributed by atoms with Gasteiger partial charge in [-0.05, 0) is 42.9 Å². The standard InChI is InChI=1S/C24H30N2O2/c1-4-19-8-10-21(11-9-19)23-13-12-22(16-26(23)18(3)27)24(28)25-15-20-7-5-6-17(2)14-20/h5-11,14,22-23H,4,12-13,15-16H2,1-3H3,(H,25,28). The maximum Gasteiger partial charge on any atom is 0.225 e. The first kappa shape index (κ1) is 20.1. The van der Waals surface area contributed by atoms with Crippen LogP contribution in [0.25, 0.3) is 0 Å². The van der Waals surface area contributed by atoms with E-state index in [1.807, 2.05) is 30.0 Å². The first-order valence-electron chi connectivity index (χ1n) is 10.2. The molecule has 1 heterocycles. The largest absolute Gasteiger partial charge is 0.352 e. The SMILES string of the molecule is CCc1ccc(C2CCC(C(=O)NCc3cccc(C)c3)CN2C(C)=O)cc1. The molecule has 4 heteroatoms. The molecule has 1 aliphatic rings. The second-order valence-corrected chi connectivity index (χ2v) is 7.76. The zero-order valence-corrected chi connectivity index (χ0v) is 17.1. The first-order chi connectivity index (χ1) is 13.5. The van der Waals surface area contributed by atoms with E-state index in [4.69, 9.17) is 0 Å². The van der Waals surface area contributed by atoms with Crippen molar-refractivity contribution in [1.82, 2.24) is 10.2 Å². The lowest BCUT2D eigenvalue weighted by Gasteiger charge is -2.39. The summed E-state index contributed by atoms with van der Waals surface area (Å²) < 4.78 is 0. The van der Waals surface area contributed by atoms with Gasteiger partial charge in [0.1, 0.15) is 0 Å². The van der Waals surface area contributed by atoms with Crippen LogP contribution in [0.2, 0.25) is 0 Å². The fourth-order valence-electron chi connectivity index (χ4n) is 4.01. The first-order valence-corrected chi connectivity index (χ1v) is 10.2. The Kier molecular flexibility index (Phi) is 6.50. The molecular weight excluding hydrogens is 348 g/mol. The number of benzene rings is 2. The summed E-state index contributed by atoms with van der Waals surface area (Å²) in [7, 11) is 0. The third kappa shape index (κ3) is 4.80. The zero-order chi connectivity index (χ0) is 20.1. The van der Waals surface area contributed by atoms with Crippen molar-refractivity contribution in [3.63, 3.8) is 0 Å². The molecular formula is C24H30N2O2. The Labute approximate surface area is 167 Å². The van der Waals surface area contributed by atoms with Crippen LogP contribution in [-0.2, 0) is 22.6 Å². The molecule has 1 N–H and O–H groups in total. The molecule has 2 aromatic carbocycles. The molecule has 1 saturated heterocycles. The summed E-state index contributed by atoms with van der Waals surface area (Å²) >= 11 is 0. The predicted molar refractivity (Wildman–Crippen MR) is 112 cm³/mol. The van der Waals surface area contributed by atoms with Gasteiger partial charge >= 0.3 is 0 Å². The molecule has 0 spiro atoms. The Hall–Kier alpha value is -2.62. The molecule has 0 saturated carbocycles. The van der Waals surface area contributed by atoms with E-state index < -0.39 is 0 Å². The molecule has 1 aliphatic heterocycles. The molecule has 2 aromatic rings. The average Bonchev–Trinajstić information content (AvgIpc) is 2.71. The second-order valence-electron chi connectivity index (χ2n) is 7.76. The van der Waals surface area contributed by atoms with E-state index in [-0.39, 0.29) is 23.8 Å². The smallest absolute Gasteiger partial charge is 0.225 e. The number of hydrogen-bond donors (Lipinski definition) is 1. The van der Waals surface area contributed by atoms with E-state index >= 15 is 0 Å². The maximum atomic E-state index is 12.7. The number of likely N-dealkylation sites (tertiary alicyclic amines) is 1. The minimum absolute atomic E-state index is 0.0285. The molecule has 3 rings (SSSR count). The minimum atomic E-state index is -0.153. The topological polar surface area (TPSA) is 49.4 Å². The summed E-state index contributed by atoms with van der Waals surface area (Å²) in [6.45, 7) is 6.79. The van der Waals surface area contributed by atoms with Crippen molar-refractivity contribution in [2.45, 2.75) is 52.6 Å². The third-order valence-electron chi connectivity index (χ3n) is 5.68. The number of carbonyl (C=O) groups excluding carboxylic acids is 2. The van der Waals surface area contributed by atoms with Crippen molar-refractivity contribution in [2.24, 2.45) is 5.92 Å². The Morgan fingerprint density at radius 3 is 2.46 bits per heavy atom. The molecule has 148 valence electrons. The van der Waals surface area contributed by atoms with Gasteiger partial charge in [-0.1, -0.05) is 61.0 Å². The number of amides is 2. The minimum Gasteiger partial charge on any atom is -0.352 e. The van der Waals surface area contributed by atoms with E-state index in [9.17, 15) is 9.59 Å². The van der Waals surface area contributed by atoms with Crippen molar-refractivity contribution >= 4 is 11.8 Å². The molecule has 28 heavy (non-hydrogen) atoms. The number of nitrogens with one attached hydrogen (secondary N) is 1. The average molecular weight is 379 g/mol. The molecule has 2 amide bonds. The van der Waals surface area contributed by atoms with Crippen molar-refractivity contribution in [1.29, 1.82) is 0 Å². The number of hydrogen-bond acceptors (Lipinski definition) is 2. The number of rotatable bonds is 5. The summed E-state index contributed by atoms with van der Waals surface area (Å²) in [5.41, 5.74) is 4.74. The Morgan fingerprint density at radius 2 is 1.82 bits per heavy atom. The normalized spacial score (nSPS) is 19.3. The van der Waals surface area contributed by atoms with Gasteiger partial charge < -0.3 is 10.2 Å². The maximum absolute atomic E-state index is 12.7. The summed E-state index contributed by atoms with van der Waals surface area (Å²) in [6.07, 6.45) is 2.61.